The second kappa shape index (κ2) is 10.8. The van der Waals surface area contributed by atoms with E-state index in [1.54, 1.807) is 0 Å². The van der Waals surface area contributed by atoms with Crippen molar-refractivity contribution in [2.45, 2.75) is 54.4 Å². The number of hydrogen-bond acceptors (Lipinski definition) is 6. The van der Waals surface area contributed by atoms with Gasteiger partial charge < -0.3 is 19.5 Å². The van der Waals surface area contributed by atoms with E-state index >= 15 is 0 Å². The summed E-state index contributed by atoms with van der Waals surface area (Å²) < 4.78 is 14.9. The van der Waals surface area contributed by atoms with Crippen molar-refractivity contribution in [3.63, 3.8) is 0 Å². The molecule has 0 heterocycles. The van der Waals surface area contributed by atoms with Crippen molar-refractivity contribution in [1.29, 1.82) is 0 Å². The van der Waals surface area contributed by atoms with E-state index in [4.69, 9.17) is 14.2 Å². The SMILES string of the molecule is C=C(C)C(=O)OCCOC(=O)NCCOC(=O)C(C)(C)C(C)(CC)CC. The first-order chi connectivity index (χ1) is 12.0. The van der Waals surface area contributed by atoms with E-state index < -0.39 is 17.5 Å². The van der Waals surface area contributed by atoms with Gasteiger partial charge in [0, 0.05) is 5.57 Å². The number of nitrogens with one attached hydrogen (secondary N) is 1. The van der Waals surface area contributed by atoms with Gasteiger partial charge in [-0.25, -0.2) is 9.59 Å². The Bertz CT molecular complexity index is 508. The fourth-order valence-corrected chi connectivity index (χ4v) is 2.30. The summed E-state index contributed by atoms with van der Waals surface area (Å²) >= 11 is 0. The Labute approximate surface area is 156 Å². The third kappa shape index (κ3) is 7.06. The van der Waals surface area contributed by atoms with Crippen LogP contribution in [0.1, 0.15) is 54.4 Å². The minimum atomic E-state index is -0.668. The van der Waals surface area contributed by atoms with Crippen molar-refractivity contribution >= 4 is 18.0 Å². The highest BCUT2D eigenvalue weighted by Crippen LogP contribution is 2.45. The lowest BCUT2D eigenvalue weighted by atomic mass is 9.63. The second-order valence-corrected chi connectivity index (χ2v) is 7.01. The Balaban J connectivity index is 4.08. The van der Waals surface area contributed by atoms with Crippen LogP contribution in [0.5, 0.6) is 0 Å². The topological polar surface area (TPSA) is 90.9 Å². The van der Waals surface area contributed by atoms with Gasteiger partial charge in [0.1, 0.15) is 19.8 Å². The first kappa shape index (κ1) is 23.9. The molecule has 0 aromatic rings. The molecule has 7 heteroatoms. The second-order valence-electron chi connectivity index (χ2n) is 7.01. The van der Waals surface area contributed by atoms with Gasteiger partial charge in [0.2, 0.25) is 0 Å². The maximum atomic E-state index is 12.4. The summed E-state index contributed by atoms with van der Waals surface area (Å²) in [4.78, 5) is 35.0. The molecule has 0 radical (unpaired) electrons. The van der Waals surface area contributed by atoms with Gasteiger partial charge in [-0.15, -0.1) is 0 Å². The van der Waals surface area contributed by atoms with E-state index in [0.717, 1.165) is 12.8 Å². The quantitative estimate of drug-likeness (QED) is 0.259. The molecule has 0 aromatic heterocycles. The highest BCUT2D eigenvalue weighted by atomic mass is 16.6. The molecule has 1 N–H and O–H groups in total. The van der Waals surface area contributed by atoms with E-state index in [-0.39, 0.29) is 43.3 Å². The molecule has 0 aliphatic heterocycles. The van der Waals surface area contributed by atoms with Gasteiger partial charge in [0.05, 0.1) is 12.0 Å². The highest BCUT2D eigenvalue weighted by molar-refractivity contribution is 5.86. The molecule has 0 saturated carbocycles. The summed E-state index contributed by atoms with van der Waals surface area (Å²) in [6.07, 6.45) is 1.07. The molecule has 0 saturated heterocycles. The number of amides is 1. The van der Waals surface area contributed by atoms with Crippen LogP contribution in [0.2, 0.25) is 0 Å². The van der Waals surface area contributed by atoms with Crippen LogP contribution in [-0.2, 0) is 23.8 Å². The fraction of sp³-hybridized carbons (Fsp3) is 0.737. The average molecular weight is 371 g/mol. The van der Waals surface area contributed by atoms with Gasteiger partial charge in [-0.05, 0) is 39.0 Å². The molecule has 0 fully saturated rings. The summed E-state index contributed by atoms with van der Waals surface area (Å²) in [7, 11) is 0. The lowest BCUT2D eigenvalue weighted by Gasteiger charge is -2.41. The predicted octanol–water partition coefficient (Wildman–Crippen LogP) is 3.23. The number of hydrogen-bond donors (Lipinski definition) is 1. The van der Waals surface area contributed by atoms with Gasteiger partial charge >= 0.3 is 18.0 Å². The van der Waals surface area contributed by atoms with E-state index in [0.29, 0.717) is 0 Å². The fourth-order valence-electron chi connectivity index (χ4n) is 2.30. The molecule has 1 amide bonds. The van der Waals surface area contributed by atoms with Crippen molar-refractivity contribution in [2.75, 3.05) is 26.4 Å². The normalized spacial score (nSPS) is 11.5. The summed E-state index contributed by atoms with van der Waals surface area (Å²) in [5, 5.41) is 2.47. The van der Waals surface area contributed by atoms with E-state index in [1.165, 1.54) is 6.92 Å². The minimum Gasteiger partial charge on any atom is -0.463 e. The monoisotopic (exact) mass is 371 g/mol. The molecule has 7 nitrogen and oxygen atoms in total. The lowest BCUT2D eigenvalue weighted by molar-refractivity contribution is -0.162. The zero-order chi connectivity index (χ0) is 20.4. The maximum Gasteiger partial charge on any atom is 0.407 e. The van der Waals surface area contributed by atoms with Crippen LogP contribution in [0.15, 0.2) is 12.2 Å². The van der Waals surface area contributed by atoms with Gasteiger partial charge in [-0.1, -0.05) is 27.4 Å². The summed E-state index contributed by atoms with van der Waals surface area (Å²) in [6, 6.07) is 0. The molecule has 26 heavy (non-hydrogen) atoms. The van der Waals surface area contributed by atoms with Crippen LogP contribution in [-0.4, -0.2) is 44.4 Å². The Morgan fingerprint density at radius 3 is 1.96 bits per heavy atom. The average Bonchev–Trinajstić information content (AvgIpc) is 2.60. The molecule has 0 atom stereocenters. The lowest BCUT2D eigenvalue weighted by Crippen LogP contribution is -2.43. The first-order valence-corrected chi connectivity index (χ1v) is 8.92. The van der Waals surface area contributed by atoms with Crippen LogP contribution in [0.25, 0.3) is 0 Å². The predicted molar refractivity (Wildman–Crippen MR) is 98.6 cm³/mol. The Kier molecular flexibility index (Phi) is 9.98. The number of carbonyl (C=O) groups excluding carboxylic acids is 3. The van der Waals surface area contributed by atoms with Gasteiger partial charge in [-0.3, -0.25) is 4.79 Å². The van der Waals surface area contributed by atoms with E-state index in [2.05, 4.69) is 32.7 Å². The Morgan fingerprint density at radius 1 is 0.923 bits per heavy atom. The summed E-state index contributed by atoms with van der Waals surface area (Å²) in [5.41, 5.74) is -0.497. The van der Waals surface area contributed by atoms with Crippen molar-refractivity contribution in [2.24, 2.45) is 10.8 Å². The number of rotatable bonds is 11. The van der Waals surface area contributed by atoms with Crippen LogP contribution in [0, 0.1) is 10.8 Å². The van der Waals surface area contributed by atoms with Crippen molar-refractivity contribution in [1.82, 2.24) is 5.32 Å². The molecular formula is C19H33NO6. The number of alkyl carbamates (subject to hydrolysis) is 1. The number of esters is 2. The standard InChI is InChI=1S/C19H33NO6/c1-8-19(7,9-2)18(5,6)16(22)25-11-10-20-17(23)26-13-12-24-15(21)14(3)4/h3,8-13H2,1-2,4-7H3,(H,20,23). The molecule has 150 valence electrons. The molecule has 0 unspecified atom stereocenters. The largest absolute Gasteiger partial charge is 0.463 e. The van der Waals surface area contributed by atoms with Gasteiger partial charge in [0.15, 0.2) is 0 Å². The third-order valence-electron chi connectivity index (χ3n) is 5.08. The molecule has 0 spiro atoms. The summed E-state index contributed by atoms with van der Waals surface area (Å²) in [6.45, 7) is 15.0. The van der Waals surface area contributed by atoms with E-state index in [9.17, 15) is 14.4 Å². The van der Waals surface area contributed by atoms with Crippen LogP contribution < -0.4 is 5.32 Å². The first-order valence-electron chi connectivity index (χ1n) is 8.92. The molecule has 0 aliphatic carbocycles. The third-order valence-corrected chi connectivity index (χ3v) is 5.08. The Hall–Kier alpha value is -2.05. The number of ether oxygens (including phenoxy) is 3. The minimum absolute atomic E-state index is 0.0467. The summed E-state index contributed by atoms with van der Waals surface area (Å²) in [5.74, 6) is -0.819. The molecule has 0 aromatic carbocycles. The smallest absolute Gasteiger partial charge is 0.407 e. The molecule has 0 aliphatic rings. The van der Waals surface area contributed by atoms with Crippen LogP contribution in [0.4, 0.5) is 4.79 Å². The Morgan fingerprint density at radius 2 is 1.46 bits per heavy atom. The van der Waals surface area contributed by atoms with Crippen LogP contribution >= 0.6 is 0 Å². The zero-order valence-electron chi connectivity index (χ0n) is 16.9. The molecular weight excluding hydrogens is 338 g/mol. The maximum absolute atomic E-state index is 12.4. The van der Waals surface area contributed by atoms with Crippen molar-refractivity contribution in [3.8, 4) is 0 Å². The zero-order valence-corrected chi connectivity index (χ0v) is 16.9. The number of carbonyl (C=O) groups is 3. The van der Waals surface area contributed by atoms with Crippen LogP contribution in [0.3, 0.4) is 0 Å². The van der Waals surface area contributed by atoms with Gasteiger partial charge in [-0.2, -0.15) is 0 Å². The van der Waals surface area contributed by atoms with Crippen molar-refractivity contribution < 1.29 is 28.6 Å². The highest BCUT2D eigenvalue weighted by Gasteiger charge is 2.45. The van der Waals surface area contributed by atoms with E-state index in [1.807, 2.05) is 13.8 Å². The molecule has 0 rings (SSSR count). The van der Waals surface area contributed by atoms with Crippen molar-refractivity contribution in [3.05, 3.63) is 12.2 Å². The molecule has 0 bridgehead atoms. The van der Waals surface area contributed by atoms with Gasteiger partial charge in [0.25, 0.3) is 0 Å².